The molecule has 4 heteroatoms. The van der Waals surface area contributed by atoms with Gasteiger partial charge in [0.2, 0.25) is 5.91 Å². The number of carbonyl (C=O) groups is 1. The van der Waals surface area contributed by atoms with Crippen LogP contribution < -0.4 is 15.8 Å². The Morgan fingerprint density at radius 2 is 2.00 bits per heavy atom. The summed E-state index contributed by atoms with van der Waals surface area (Å²) in [4.78, 5) is 10.6. The van der Waals surface area contributed by atoms with Crippen molar-refractivity contribution in [3.8, 4) is 5.75 Å². The van der Waals surface area contributed by atoms with E-state index in [2.05, 4.69) is 24.4 Å². The number of amides is 1. The molecule has 0 bridgehead atoms. The lowest BCUT2D eigenvalue weighted by molar-refractivity contribution is -0.118. The smallest absolute Gasteiger partial charge is 0.217 e. The van der Waals surface area contributed by atoms with Crippen molar-refractivity contribution in [2.75, 3.05) is 13.7 Å². The average molecular weight is 264 g/mol. The van der Waals surface area contributed by atoms with Crippen molar-refractivity contribution in [2.24, 2.45) is 5.73 Å². The molecule has 1 amide bonds. The lowest BCUT2D eigenvalue weighted by atomic mass is 10.1. The van der Waals surface area contributed by atoms with Crippen molar-refractivity contribution in [3.63, 3.8) is 0 Å². The van der Waals surface area contributed by atoms with E-state index in [1.54, 1.807) is 7.11 Å². The Balaban J connectivity index is 2.19. The van der Waals surface area contributed by atoms with Crippen molar-refractivity contribution in [1.29, 1.82) is 0 Å². The first-order valence-electron chi connectivity index (χ1n) is 6.76. The normalized spacial score (nSPS) is 12.1. The molecule has 1 atom stereocenters. The van der Waals surface area contributed by atoms with E-state index in [1.165, 1.54) is 5.56 Å². The maximum absolute atomic E-state index is 10.6. The minimum Gasteiger partial charge on any atom is -0.497 e. The van der Waals surface area contributed by atoms with Gasteiger partial charge in [-0.05, 0) is 50.4 Å². The van der Waals surface area contributed by atoms with Crippen LogP contribution in [-0.2, 0) is 11.2 Å². The molecule has 0 heterocycles. The van der Waals surface area contributed by atoms with E-state index in [-0.39, 0.29) is 5.91 Å². The Morgan fingerprint density at radius 3 is 2.58 bits per heavy atom. The molecule has 3 N–H and O–H groups in total. The van der Waals surface area contributed by atoms with Gasteiger partial charge in [0.1, 0.15) is 5.75 Å². The summed E-state index contributed by atoms with van der Waals surface area (Å²) in [6.07, 6.45) is 3.31. The summed E-state index contributed by atoms with van der Waals surface area (Å²) >= 11 is 0. The predicted octanol–water partition coefficient (Wildman–Crippen LogP) is 1.87. The highest BCUT2D eigenvalue weighted by Gasteiger charge is 2.03. The molecule has 0 saturated carbocycles. The molecule has 1 aromatic rings. The van der Waals surface area contributed by atoms with E-state index >= 15 is 0 Å². The number of ether oxygens (including phenoxy) is 1. The molecule has 1 aromatic carbocycles. The van der Waals surface area contributed by atoms with Gasteiger partial charge in [0, 0.05) is 12.5 Å². The van der Waals surface area contributed by atoms with Crippen molar-refractivity contribution in [1.82, 2.24) is 5.32 Å². The SMILES string of the molecule is COc1ccc(CC(C)NCCCCC(N)=O)cc1. The van der Waals surface area contributed by atoms with Gasteiger partial charge in [-0.1, -0.05) is 12.1 Å². The first kappa shape index (κ1) is 15.5. The van der Waals surface area contributed by atoms with E-state index in [4.69, 9.17) is 10.5 Å². The summed E-state index contributed by atoms with van der Waals surface area (Å²) in [7, 11) is 1.67. The number of rotatable bonds is 9. The number of hydrogen-bond donors (Lipinski definition) is 2. The fourth-order valence-electron chi connectivity index (χ4n) is 1.96. The van der Waals surface area contributed by atoms with E-state index < -0.39 is 0 Å². The number of unbranched alkanes of at least 4 members (excludes halogenated alkanes) is 1. The van der Waals surface area contributed by atoms with Crippen LogP contribution in [0.1, 0.15) is 31.7 Å². The number of benzene rings is 1. The molecule has 4 nitrogen and oxygen atoms in total. The quantitative estimate of drug-likeness (QED) is 0.669. The Kier molecular flexibility index (Phi) is 6.97. The minimum atomic E-state index is -0.216. The van der Waals surface area contributed by atoms with Crippen molar-refractivity contribution >= 4 is 5.91 Å². The Morgan fingerprint density at radius 1 is 1.32 bits per heavy atom. The van der Waals surface area contributed by atoms with E-state index in [1.807, 2.05) is 12.1 Å². The Labute approximate surface area is 115 Å². The van der Waals surface area contributed by atoms with Gasteiger partial charge in [-0.2, -0.15) is 0 Å². The molecule has 0 fully saturated rings. The first-order valence-corrected chi connectivity index (χ1v) is 6.76. The van der Waals surface area contributed by atoms with Crippen LogP contribution in [0.2, 0.25) is 0 Å². The molecule has 106 valence electrons. The van der Waals surface area contributed by atoms with Crippen molar-refractivity contribution in [2.45, 2.75) is 38.6 Å². The summed E-state index contributed by atoms with van der Waals surface area (Å²) in [5.41, 5.74) is 6.38. The van der Waals surface area contributed by atoms with Gasteiger partial charge >= 0.3 is 0 Å². The van der Waals surface area contributed by atoms with Crippen molar-refractivity contribution < 1.29 is 9.53 Å². The van der Waals surface area contributed by atoms with Crippen molar-refractivity contribution in [3.05, 3.63) is 29.8 Å². The Hall–Kier alpha value is -1.55. The minimum absolute atomic E-state index is 0.216. The summed E-state index contributed by atoms with van der Waals surface area (Å²) < 4.78 is 5.13. The second kappa shape index (κ2) is 8.53. The molecular formula is C15H24N2O2. The molecule has 1 unspecified atom stereocenters. The molecule has 0 aliphatic carbocycles. The van der Waals surface area contributed by atoms with Gasteiger partial charge in [-0.3, -0.25) is 4.79 Å². The van der Waals surface area contributed by atoms with Crippen LogP contribution in [0.25, 0.3) is 0 Å². The third kappa shape index (κ3) is 6.82. The molecular weight excluding hydrogens is 240 g/mol. The van der Waals surface area contributed by atoms with Gasteiger partial charge in [-0.25, -0.2) is 0 Å². The van der Waals surface area contributed by atoms with E-state index in [0.29, 0.717) is 12.5 Å². The maximum Gasteiger partial charge on any atom is 0.217 e. The monoisotopic (exact) mass is 264 g/mol. The zero-order chi connectivity index (χ0) is 14.1. The molecule has 0 spiro atoms. The van der Waals surface area contributed by atoms with Gasteiger partial charge in [0.15, 0.2) is 0 Å². The lowest BCUT2D eigenvalue weighted by Crippen LogP contribution is -2.29. The molecule has 19 heavy (non-hydrogen) atoms. The highest BCUT2D eigenvalue weighted by molar-refractivity contribution is 5.73. The molecule has 0 aromatic heterocycles. The van der Waals surface area contributed by atoms with Crippen LogP contribution in [0.3, 0.4) is 0 Å². The number of nitrogens with one attached hydrogen (secondary N) is 1. The zero-order valence-electron chi connectivity index (χ0n) is 11.8. The Bertz CT molecular complexity index is 376. The number of primary amides is 1. The molecule has 0 saturated heterocycles. The summed E-state index contributed by atoms with van der Waals surface area (Å²) in [6, 6.07) is 8.56. The fourth-order valence-corrected chi connectivity index (χ4v) is 1.96. The second-order valence-electron chi connectivity index (χ2n) is 4.83. The standard InChI is InChI=1S/C15H24N2O2/c1-12(17-10-4-3-5-15(16)18)11-13-6-8-14(19-2)9-7-13/h6-9,12,17H,3-5,10-11H2,1-2H3,(H2,16,18). The summed E-state index contributed by atoms with van der Waals surface area (Å²) in [6.45, 7) is 3.09. The third-order valence-electron chi connectivity index (χ3n) is 3.04. The maximum atomic E-state index is 10.6. The molecule has 1 rings (SSSR count). The molecule has 0 radical (unpaired) electrons. The van der Waals surface area contributed by atoms with Crippen LogP contribution in [0.5, 0.6) is 5.75 Å². The number of hydrogen-bond acceptors (Lipinski definition) is 3. The predicted molar refractivity (Wildman–Crippen MR) is 77.2 cm³/mol. The summed E-state index contributed by atoms with van der Waals surface area (Å²) in [5.74, 6) is 0.669. The summed E-state index contributed by atoms with van der Waals surface area (Å²) in [5, 5.41) is 3.45. The van der Waals surface area contributed by atoms with Crippen LogP contribution in [-0.4, -0.2) is 25.6 Å². The largest absolute Gasteiger partial charge is 0.497 e. The lowest BCUT2D eigenvalue weighted by Gasteiger charge is -2.14. The topological polar surface area (TPSA) is 64.3 Å². The van der Waals surface area contributed by atoms with Gasteiger partial charge in [0.05, 0.1) is 7.11 Å². The second-order valence-corrected chi connectivity index (χ2v) is 4.83. The van der Waals surface area contributed by atoms with E-state index in [9.17, 15) is 4.79 Å². The number of methoxy groups -OCH3 is 1. The van der Waals surface area contributed by atoms with Gasteiger partial charge in [0.25, 0.3) is 0 Å². The van der Waals surface area contributed by atoms with Crippen LogP contribution in [0.4, 0.5) is 0 Å². The number of carbonyl (C=O) groups excluding carboxylic acids is 1. The first-order chi connectivity index (χ1) is 9.11. The van der Waals surface area contributed by atoms with Gasteiger partial charge in [-0.15, -0.1) is 0 Å². The molecule has 0 aliphatic rings. The highest BCUT2D eigenvalue weighted by atomic mass is 16.5. The fraction of sp³-hybridized carbons (Fsp3) is 0.533. The number of nitrogens with two attached hydrogens (primary N) is 1. The zero-order valence-corrected chi connectivity index (χ0v) is 11.8. The van der Waals surface area contributed by atoms with Crippen LogP contribution >= 0.6 is 0 Å². The molecule has 0 aliphatic heterocycles. The third-order valence-corrected chi connectivity index (χ3v) is 3.04. The highest BCUT2D eigenvalue weighted by Crippen LogP contribution is 2.12. The van der Waals surface area contributed by atoms with Crippen LogP contribution in [0.15, 0.2) is 24.3 Å². The van der Waals surface area contributed by atoms with Crippen LogP contribution in [0, 0.1) is 0 Å². The van der Waals surface area contributed by atoms with Gasteiger partial charge < -0.3 is 15.8 Å². The van der Waals surface area contributed by atoms with E-state index in [0.717, 1.165) is 31.6 Å². The average Bonchev–Trinajstić information content (AvgIpc) is 2.39.